The number of rotatable bonds is 5. The van der Waals surface area contributed by atoms with Gasteiger partial charge in [0.05, 0.1) is 26.0 Å². The van der Waals surface area contributed by atoms with E-state index in [4.69, 9.17) is 9.47 Å². The van der Waals surface area contributed by atoms with E-state index in [0.29, 0.717) is 6.61 Å². The Hall–Kier alpha value is -1.20. The minimum Gasteiger partial charge on any atom is -0.481 e. The lowest BCUT2D eigenvalue weighted by Gasteiger charge is -2.18. The molecule has 0 spiro atoms. The van der Waals surface area contributed by atoms with Gasteiger partial charge in [0.25, 0.3) is 0 Å². The van der Waals surface area contributed by atoms with Crippen LogP contribution in [0.25, 0.3) is 0 Å². The number of aromatic nitrogens is 2. The second-order valence-corrected chi connectivity index (χ2v) is 4.08. The summed E-state index contributed by atoms with van der Waals surface area (Å²) in [5.74, 6) is 1.57. The van der Waals surface area contributed by atoms with Gasteiger partial charge in [-0.25, -0.2) is 4.98 Å². The van der Waals surface area contributed by atoms with Gasteiger partial charge in [-0.1, -0.05) is 0 Å². The molecule has 1 N–H and O–H groups in total. The van der Waals surface area contributed by atoms with Crippen molar-refractivity contribution in [3.05, 3.63) is 17.1 Å². The summed E-state index contributed by atoms with van der Waals surface area (Å²) in [6, 6.07) is 0. The van der Waals surface area contributed by atoms with Crippen LogP contribution in [0.5, 0.6) is 5.88 Å². The molecule has 0 saturated heterocycles. The molecule has 2 heterocycles. The van der Waals surface area contributed by atoms with Crippen molar-refractivity contribution in [2.24, 2.45) is 0 Å². The molecular weight excluding hydrogens is 218 g/mol. The zero-order valence-electron chi connectivity index (χ0n) is 10.5. The molecule has 0 bridgehead atoms. The fourth-order valence-corrected chi connectivity index (χ4v) is 1.97. The van der Waals surface area contributed by atoms with Crippen molar-refractivity contribution in [3.8, 4) is 5.88 Å². The lowest BCUT2D eigenvalue weighted by molar-refractivity contribution is 0.105. The van der Waals surface area contributed by atoms with Crippen LogP contribution < -0.4 is 10.1 Å². The predicted molar refractivity (Wildman–Crippen MR) is 64.2 cm³/mol. The molecule has 94 valence electrons. The summed E-state index contributed by atoms with van der Waals surface area (Å²) in [6.07, 6.45) is 2.74. The molecule has 0 amide bonds. The molecule has 1 aliphatic heterocycles. The minimum atomic E-state index is 0.577. The zero-order valence-corrected chi connectivity index (χ0v) is 10.5. The van der Waals surface area contributed by atoms with Crippen molar-refractivity contribution in [1.29, 1.82) is 0 Å². The van der Waals surface area contributed by atoms with Crippen LogP contribution in [0.2, 0.25) is 0 Å². The highest BCUT2D eigenvalue weighted by atomic mass is 16.5. The average molecular weight is 237 g/mol. The summed E-state index contributed by atoms with van der Waals surface area (Å²) >= 11 is 0. The van der Waals surface area contributed by atoms with E-state index >= 15 is 0 Å². The third-order valence-electron chi connectivity index (χ3n) is 2.86. The Morgan fingerprint density at radius 3 is 3.06 bits per heavy atom. The molecule has 0 unspecified atom stereocenters. The van der Waals surface area contributed by atoms with E-state index in [1.807, 2.05) is 7.05 Å². The molecule has 0 aliphatic carbocycles. The first kappa shape index (κ1) is 12.3. The van der Waals surface area contributed by atoms with Crippen LogP contribution in [0, 0.1) is 0 Å². The Balaban J connectivity index is 2.17. The molecular formula is C12H19N3O2. The van der Waals surface area contributed by atoms with Gasteiger partial charge in [0.1, 0.15) is 5.82 Å². The molecule has 2 rings (SSSR count). The van der Waals surface area contributed by atoms with Crippen molar-refractivity contribution < 1.29 is 9.47 Å². The molecule has 5 nitrogen and oxygen atoms in total. The van der Waals surface area contributed by atoms with Gasteiger partial charge in [0, 0.05) is 18.4 Å². The van der Waals surface area contributed by atoms with Gasteiger partial charge in [0.2, 0.25) is 5.88 Å². The fourth-order valence-electron chi connectivity index (χ4n) is 1.97. The largest absolute Gasteiger partial charge is 0.481 e. The average Bonchev–Trinajstić information content (AvgIpc) is 2.38. The van der Waals surface area contributed by atoms with Crippen molar-refractivity contribution >= 4 is 0 Å². The molecule has 5 heteroatoms. The fraction of sp³-hybridized carbons (Fsp3) is 0.667. The molecule has 0 saturated carbocycles. The normalized spacial score (nSPS) is 14.5. The number of fused-ring (bicyclic) bond motifs is 1. The van der Waals surface area contributed by atoms with Gasteiger partial charge < -0.3 is 14.8 Å². The summed E-state index contributed by atoms with van der Waals surface area (Å²) < 4.78 is 10.8. The van der Waals surface area contributed by atoms with Gasteiger partial charge in [-0.2, -0.15) is 4.98 Å². The van der Waals surface area contributed by atoms with E-state index < -0.39 is 0 Å². The maximum atomic E-state index is 5.42. The second-order valence-electron chi connectivity index (χ2n) is 4.08. The first-order chi connectivity index (χ1) is 8.35. The molecule has 1 aromatic heterocycles. The quantitative estimate of drug-likeness (QED) is 0.764. The topological polar surface area (TPSA) is 56.3 Å². The van der Waals surface area contributed by atoms with Crippen LogP contribution in [-0.2, 0) is 24.2 Å². The Labute approximate surface area is 102 Å². The van der Waals surface area contributed by atoms with E-state index in [9.17, 15) is 0 Å². The van der Waals surface area contributed by atoms with Crippen LogP contribution in [0.15, 0.2) is 0 Å². The molecule has 17 heavy (non-hydrogen) atoms. The van der Waals surface area contributed by atoms with E-state index in [2.05, 4.69) is 15.3 Å². The summed E-state index contributed by atoms with van der Waals surface area (Å²) in [6.45, 7) is 2.28. The van der Waals surface area contributed by atoms with Crippen molar-refractivity contribution in [2.45, 2.75) is 25.9 Å². The zero-order chi connectivity index (χ0) is 12.1. The third-order valence-corrected chi connectivity index (χ3v) is 2.86. The van der Waals surface area contributed by atoms with Gasteiger partial charge in [-0.3, -0.25) is 0 Å². The summed E-state index contributed by atoms with van der Waals surface area (Å²) in [5.41, 5.74) is 2.10. The summed E-state index contributed by atoms with van der Waals surface area (Å²) in [5, 5.41) is 3.12. The number of hydrogen-bond donors (Lipinski definition) is 1. The molecule has 1 aromatic rings. The Bertz CT molecular complexity index is 365. The Morgan fingerprint density at radius 2 is 2.29 bits per heavy atom. The van der Waals surface area contributed by atoms with Crippen molar-refractivity contribution in [1.82, 2.24) is 15.3 Å². The van der Waals surface area contributed by atoms with Gasteiger partial charge in [0.15, 0.2) is 0 Å². The number of nitrogens with zero attached hydrogens (tertiary/aromatic N) is 2. The van der Waals surface area contributed by atoms with Crippen LogP contribution in [0.3, 0.4) is 0 Å². The lowest BCUT2D eigenvalue weighted by Crippen LogP contribution is -2.17. The standard InChI is InChI=1S/C12H19N3O2/c1-13-6-3-4-11-14-10-8-17-7-5-9(10)12(15-11)16-2/h13H,3-8H2,1-2H3. The lowest BCUT2D eigenvalue weighted by atomic mass is 10.1. The van der Waals surface area contributed by atoms with Crippen LogP contribution >= 0.6 is 0 Å². The van der Waals surface area contributed by atoms with Gasteiger partial charge in [-0.05, 0) is 20.0 Å². The minimum absolute atomic E-state index is 0.577. The van der Waals surface area contributed by atoms with E-state index in [1.54, 1.807) is 7.11 Å². The highest BCUT2D eigenvalue weighted by Gasteiger charge is 2.18. The molecule has 0 aromatic carbocycles. The predicted octanol–water partition coefficient (Wildman–Crippen LogP) is 0.710. The third kappa shape index (κ3) is 2.92. The SMILES string of the molecule is CNCCCc1nc2c(c(OC)n1)CCOC2. The van der Waals surface area contributed by atoms with Crippen LogP contribution in [-0.4, -0.2) is 37.3 Å². The maximum Gasteiger partial charge on any atom is 0.220 e. The molecule has 0 atom stereocenters. The van der Waals surface area contributed by atoms with Crippen molar-refractivity contribution in [3.63, 3.8) is 0 Å². The molecule has 0 radical (unpaired) electrons. The first-order valence-electron chi connectivity index (χ1n) is 6.00. The summed E-state index contributed by atoms with van der Waals surface area (Å²) in [7, 11) is 3.61. The number of ether oxygens (including phenoxy) is 2. The molecule has 1 aliphatic rings. The molecule has 0 fully saturated rings. The maximum absolute atomic E-state index is 5.42. The number of nitrogens with one attached hydrogen (secondary N) is 1. The smallest absolute Gasteiger partial charge is 0.220 e. The van der Waals surface area contributed by atoms with E-state index in [0.717, 1.165) is 55.4 Å². The van der Waals surface area contributed by atoms with E-state index in [-0.39, 0.29) is 0 Å². The second kappa shape index (κ2) is 5.93. The highest BCUT2D eigenvalue weighted by molar-refractivity contribution is 5.32. The highest BCUT2D eigenvalue weighted by Crippen LogP contribution is 2.23. The number of hydrogen-bond acceptors (Lipinski definition) is 5. The van der Waals surface area contributed by atoms with E-state index in [1.165, 1.54) is 0 Å². The monoisotopic (exact) mass is 237 g/mol. The van der Waals surface area contributed by atoms with Crippen LogP contribution in [0.1, 0.15) is 23.5 Å². The number of aryl methyl sites for hydroxylation is 1. The van der Waals surface area contributed by atoms with Crippen molar-refractivity contribution in [2.75, 3.05) is 27.3 Å². The van der Waals surface area contributed by atoms with Crippen LogP contribution in [0.4, 0.5) is 0 Å². The first-order valence-corrected chi connectivity index (χ1v) is 6.00. The summed E-state index contributed by atoms with van der Waals surface area (Å²) in [4.78, 5) is 9.01. The van der Waals surface area contributed by atoms with Gasteiger partial charge in [-0.15, -0.1) is 0 Å². The Kier molecular flexibility index (Phi) is 4.28. The Morgan fingerprint density at radius 1 is 1.41 bits per heavy atom. The number of methoxy groups -OCH3 is 1. The van der Waals surface area contributed by atoms with Gasteiger partial charge >= 0.3 is 0 Å².